The highest BCUT2D eigenvalue weighted by Crippen LogP contribution is 2.32. The van der Waals surface area contributed by atoms with Gasteiger partial charge in [-0.2, -0.15) is 0 Å². The molecule has 3 N–H and O–H groups in total. The summed E-state index contributed by atoms with van der Waals surface area (Å²) in [6.07, 6.45) is 3.18. The van der Waals surface area contributed by atoms with Crippen molar-refractivity contribution in [1.82, 2.24) is 20.5 Å². The second kappa shape index (κ2) is 8.70. The lowest BCUT2D eigenvalue weighted by Gasteiger charge is -2.23. The Morgan fingerprint density at radius 3 is 2.62 bits per heavy atom. The van der Waals surface area contributed by atoms with Crippen LogP contribution < -0.4 is 10.6 Å². The molecule has 0 bridgehead atoms. The van der Waals surface area contributed by atoms with Gasteiger partial charge in [-0.1, -0.05) is 24.3 Å². The van der Waals surface area contributed by atoms with Gasteiger partial charge in [0.2, 0.25) is 0 Å². The van der Waals surface area contributed by atoms with Gasteiger partial charge in [-0.15, -0.1) is 0 Å². The molecule has 2 heterocycles. The summed E-state index contributed by atoms with van der Waals surface area (Å²) >= 11 is 2.26. The fourth-order valence-corrected chi connectivity index (χ4v) is 4.25. The number of hydrogen-bond donors (Lipinski definition) is 3. The Balaban J connectivity index is 1.65. The van der Waals surface area contributed by atoms with Crippen LogP contribution in [0.2, 0.25) is 0 Å². The van der Waals surface area contributed by atoms with E-state index in [4.69, 9.17) is 5.41 Å². The molecule has 0 spiro atoms. The third-order valence-corrected chi connectivity index (χ3v) is 6.31. The first-order chi connectivity index (χ1) is 15.3. The molecule has 7 nitrogen and oxygen atoms in total. The lowest BCUT2D eigenvalue weighted by molar-refractivity contribution is -0.129. The van der Waals surface area contributed by atoms with E-state index < -0.39 is 5.54 Å². The largest absolute Gasteiger partial charge is 0.348 e. The molecule has 1 unspecified atom stereocenters. The van der Waals surface area contributed by atoms with Crippen LogP contribution in [0.25, 0.3) is 11.1 Å². The second-order valence-electron chi connectivity index (χ2n) is 7.76. The highest BCUT2D eigenvalue weighted by molar-refractivity contribution is 14.1. The van der Waals surface area contributed by atoms with Crippen LogP contribution in [0.1, 0.15) is 28.4 Å². The minimum absolute atomic E-state index is 0.0803. The number of halogens is 1. The summed E-state index contributed by atoms with van der Waals surface area (Å²) in [7, 11) is 1.59. The van der Waals surface area contributed by atoms with E-state index >= 15 is 0 Å². The van der Waals surface area contributed by atoms with Crippen LogP contribution in [0, 0.1) is 8.98 Å². The number of amides is 2. The van der Waals surface area contributed by atoms with Crippen LogP contribution in [0.4, 0.5) is 0 Å². The van der Waals surface area contributed by atoms with Crippen molar-refractivity contribution >= 4 is 40.4 Å². The minimum Gasteiger partial charge on any atom is -0.348 e. The van der Waals surface area contributed by atoms with Crippen molar-refractivity contribution in [3.05, 3.63) is 87.3 Å². The third-order valence-electron chi connectivity index (χ3n) is 5.64. The molecule has 1 aromatic heterocycles. The summed E-state index contributed by atoms with van der Waals surface area (Å²) < 4.78 is 1.06. The zero-order valence-corrected chi connectivity index (χ0v) is 19.8. The van der Waals surface area contributed by atoms with Crippen molar-refractivity contribution in [2.75, 3.05) is 7.05 Å². The first-order valence-electron chi connectivity index (χ1n) is 10.0. The average Bonchev–Trinajstić information content (AvgIpc) is 3.02. The molecule has 32 heavy (non-hydrogen) atoms. The van der Waals surface area contributed by atoms with Gasteiger partial charge in [0.1, 0.15) is 5.54 Å². The molecule has 2 aromatic carbocycles. The highest BCUT2D eigenvalue weighted by Gasteiger charge is 2.45. The van der Waals surface area contributed by atoms with Crippen molar-refractivity contribution in [3.8, 4) is 11.1 Å². The molecule has 1 aliphatic heterocycles. The molecule has 0 aliphatic carbocycles. The molecule has 162 valence electrons. The number of benzene rings is 2. The Morgan fingerprint density at radius 1 is 1.19 bits per heavy atom. The normalized spacial score (nSPS) is 17.9. The highest BCUT2D eigenvalue weighted by atomic mass is 127. The number of carbonyl (C=O) groups excluding carboxylic acids is 2. The van der Waals surface area contributed by atoms with Gasteiger partial charge in [0.15, 0.2) is 5.96 Å². The number of nitrogens with zero attached hydrogens (tertiary/aromatic N) is 2. The average molecular weight is 539 g/mol. The third kappa shape index (κ3) is 4.10. The van der Waals surface area contributed by atoms with Crippen molar-refractivity contribution in [3.63, 3.8) is 0 Å². The maximum atomic E-state index is 12.8. The number of rotatable bonds is 5. The molecule has 1 saturated heterocycles. The lowest BCUT2D eigenvalue weighted by Crippen LogP contribution is -2.40. The molecule has 0 radical (unpaired) electrons. The van der Waals surface area contributed by atoms with Crippen LogP contribution in [0.15, 0.2) is 67.0 Å². The van der Waals surface area contributed by atoms with E-state index in [0.29, 0.717) is 12.1 Å². The summed E-state index contributed by atoms with van der Waals surface area (Å²) in [6, 6.07) is 17.2. The first kappa shape index (κ1) is 21.9. The fourth-order valence-electron chi connectivity index (χ4n) is 3.76. The van der Waals surface area contributed by atoms with Gasteiger partial charge in [0.05, 0.1) is 0 Å². The number of guanidine groups is 1. The van der Waals surface area contributed by atoms with Gasteiger partial charge in [0, 0.05) is 35.1 Å². The molecule has 1 atom stereocenters. The lowest BCUT2D eigenvalue weighted by atomic mass is 9.88. The number of carbonyl (C=O) groups is 2. The van der Waals surface area contributed by atoms with Crippen molar-refractivity contribution in [2.24, 2.45) is 0 Å². The van der Waals surface area contributed by atoms with Crippen LogP contribution >= 0.6 is 22.6 Å². The van der Waals surface area contributed by atoms with Gasteiger partial charge in [-0.25, -0.2) is 0 Å². The maximum absolute atomic E-state index is 12.8. The second-order valence-corrected chi connectivity index (χ2v) is 9.01. The summed E-state index contributed by atoms with van der Waals surface area (Å²) in [6.45, 7) is 2.15. The molecular weight excluding hydrogens is 517 g/mol. The molecule has 1 aliphatic rings. The summed E-state index contributed by atoms with van der Waals surface area (Å²) in [4.78, 5) is 30.5. The molecule has 3 aromatic rings. The number of nitrogens with one attached hydrogen (secondary N) is 3. The summed E-state index contributed by atoms with van der Waals surface area (Å²) in [5, 5.41) is 14.0. The monoisotopic (exact) mass is 539 g/mol. The van der Waals surface area contributed by atoms with Crippen molar-refractivity contribution in [2.45, 2.75) is 19.0 Å². The molecule has 0 saturated carbocycles. The van der Waals surface area contributed by atoms with Crippen LogP contribution in [0.3, 0.4) is 0 Å². The molecular formula is C24H22IN5O2. The Morgan fingerprint density at radius 2 is 1.94 bits per heavy atom. The van der Waals surface area contributed by atoms with E-state index in [2.05, 4.69) is 44.3 Å². The zero-order valence-electron chi connectivity index (χ0n) is 17.6. The van der Waals surface area contributed by atoms with Crippen LogP contribution in [-0.4, -0.2) is 34.7 Å². The van der Waals surface area contributed by atoms with E-state index in [-0.39, 0.29) is 17.8 Å². The molecule has 8 heteroatoms. The van der Waals surface area contributed by atoms with Gasteiger partial charge in [0.25, 0.3) is 11.8 Å². The van der Waals surface area contributed by atoms with Crippen molar-refractivity contribution < 1.29 is 9.59 Å². The number of likely N-dealkylation sites (N-methyl/N-ethyl adjacent to an activating group) is 1. The van der Waals surface area contributed by atoms with E-state index in [0.717, 1.165) is 25.8 Å². The van der Waals surface area contributed by atoms with Crippen LogP contribution in [-0.2, 0) is 16.9 Å². The van der Waals surface area contributed by atoms with Gasteiger partial charge < -0.3 is 10.6 Å². The van der Waals surface area contributed by atoms with Gasteiger partial charge in [-0.05, 0) is 82.1 Å². The molecule has 4 rings (SSSR count). The Hall–Kier alpha value is -3.27. The summed E-state index contributed by atoms with van der Waals surface area (Å²) in [5.74, 6) is -0.260. The minimum atomic E-state index is -1.00. The predicted octanol–water partition coefficient (Wildman–Crippen LogP) is 3.49. The standard InChI is InChI=1S/C24H22IN5O2/c1-24(22(32)30(2)23(26)29-24)18-5-3-4-16(12-18)20-13-19(25)7-6-17(20)14-28-21(31)15-8-10-27-11-9-15/h3-13H,14H2,1-2H3,(H2,26,29)(H,28,31). The zero-order chi connectivity index (χ0) is 22.9. The fraction of sp³-hybridized carbons (Fsp3) is 0.167. The number of pyridine rings is 1. The van der Waals surface area contributed by atoms with Gasteiger partial charge >= 0.3 is 0 Å². The van der Waals surface area contributed by atoms with E-state index in [1.807, 2.05) is 36.4 Å². The Labute approximate surface area is 199 Å². The topological polar surface area (TPSA) is 98.2 Å². The quantitative estimate of drug-likeness (QED) is 0.433. The Kier molecular flexibility index (Phi) is 5.96. The Bertz CT molecular complexity index is 1210. The van der Waals surface area contributed by atoms with Gasteiger partial charge in [-0.3, -0.25) is 24.9 Å². The van der Waals surface area contributed by atoms with Crippen molar-refractivity contribution in [1.29, 1.82) is 5.41 Å². The maximum Gasteiger partial charge on any atom is 0.259 e. The SMILES string of the molecule is CN1C(=N)NC(C)(c2cccc(-c3cc(I)ccc3CNC(=O)c3ccncc3)c2)C1=O. The van der Waals surface area contributed by atoms with E-state index in [1.165, 1.54) is 4.90 Å². The molecule has 2 amide bonds. The van der Waals surface area contributed by atoms with E-state index in [1.54, 1.807) is 38.5 Å². The number of aromatic nitrogens is 1. The molecule has 1 fully saturated rings. The summed E-state index contributed by atoms with van der Waals surface area (Å²) in [5.41, 5.74) is 3.21. The van der Waals surface area contributed by atoms with E-state index in [9.17, 15) is 9.59 Å². The first-order valence-corrected chi connectivity index (χ1v) is 11.1. The number of hydrogen-bond acceptors (Lipinski definition) is 4. The van der Waals surface area contributed by atoms with Crippen LogP contribution in [0.5, 0.6) is 0 Å². The smallest absolute Gasteiger partial charge is 0.259 e. The predicted molar refractivity (Wildman–Crippen MR) is 131 cm³/mol.